The van der Waals surface area contributed by atoms with Crippen molar-refractivity contribution < 1.29 is 23.5 Å². The van der Waals surface area contributed by atoms with Gasteiger partial charge in [0.15, 0.2) is 5.78 Å². The topological polar surface area (TPSA) is 64.6 Å². The summed E-state index contributed by atoms with van der Waals surface area (Å²) in [6, 6.07) is 19.1. The number of ketones is 1. The number of hydrogen-bond acceptors (Lipinski definition) is 5. The van der Waals surface area contributed by atoms with Gasteiger partial charge in [0.2, 0.25) is 0 Å². The Morgan fingerprint density at radius 2 is 1.77 bits per heavy atom. The van der Waals surface area contributed by atoms with E-state index in [0.717, 1.165) is 10.0 Å². The van der Waals surface area contributed by atoms with E-state index >= 15 is 0 Å². The number of nitrogens with one attached hydrogen (secondary N) is 1. The predicted molar refractivity (Wildman–Crippen MR) is 133 cm³/mol. The number of halogens is 2. The van der Waals surface area contributed by atoms with Crippen molar-refractivity contribution in [2.45, 2.75) is 19.4 Å². The molecule has 1 atom stereocenters. The van der Waals surface area contributed by atoms with Gasteiger partial charge in [0.05, 0.1) is 24.3 Å². The first-order chi connectivity index (χ1) is 16.9. The first-order valence-corrected chi connectivity index (χ1v) is 11.8. The molecule has 5 rings (SSSR count). The molecule has 0 aromatic heterocycles. The van der Waals surface area contributed by atoms with E-state index < -0.39 is 11.9 Å². The number of fused-ring (bicyclic) bond motifs is 2. The molecule has 0 saturated carbocycles. The van der Waals surface area contributed by atoms with Crippen LogP contribution < -0.4 is 10.1 Å². The summed E-state index contributed by atoms with van der Waals surface area (Å²) in [6.45, 7) is 1.77. The fourth-order valence-corrected chi connectivity index (χ4v) is 5.05. The van der Waals surface area contributed by atoms with Crippen molar-refractivity contribution in [3.05, 3.63) is 116 Å². The molecule has 1 unspecified atom stereocenters. The van der Waals surface area contributed by atoms with Crippen molar-refractivity contribution >= 4 is 33.4 Å². The molecule has 35 heavy (non-hydrogen) atoms. The number of esters is 1. The Balaban J connectivity index is 1.66. The lowest BCUT2D eigenvalue weighted by Crippen LogP contribution is -2.29. The zero-order valence-corrected chi connectivity index (χ0v) is 20.6. The molecule has 1 aliphatic heterocycles. The largest absolute Gasteiger partial charge is 0.488 e. The molecule has 0 radical (unpaired) electrons. The fourth-order valence-electron chi connectivity index (χ4n) is 4.67. The summed E-state index contributed by atoms with van der Waals surface area (Å²) < 4.78 is 26.2. The standard InChI is InChI=1S/C28H21BrFNO4/c1-15-23(28(33)34-2)24(25-26(31-15)18-8-4-5-9-19(18)27(25)32)20-13-17(29)11-12-22(20)35-14-16-7-3-6-10-21(16)30/h3-13,24,31H,14H2,1-2H3. The van der Waals surface area contributed by atoms with Crippen molar-refractivity contribution in [3.63, 3.8) is 0 Å². The number of dihydropyridines is 1. The second-order valence-electron chi connectivity index (χ2n) is 8.31. The molecule has 0 bridgehead atoms. The first kappa shape index (κ1) is 23.1. The Kier molecular flexibility index (Phi) is 6.03. The summed E-state index contributed by atoms with van der Waals surface area (Å²) in [5.41, 5.74) is 4.38. The van der Waals surface area contributed by atoms with Crippen molar-refractivity contribution in [2.24, 2.45) is 0 Å². The summed E-state index contributed by atoms with van der Waals surface area (Å²) in [5.74, 6) is -1.39. The van der Waals surface area contributed by atoms with E-state index in [1.54, 1.807) is 43.3 Å². The van der Waals surface area contributed by atoms with Gasteiger partial charge in [-0.2, -0.15) is 0 Å². The highest BCUT2D eigenvalue weighted by molar-refractivity contribution is 9.10. The second kappa shape index (κ2) is 9.15. The second-order valence-corrected chi connectivity index (χ2v) is 9.23. The minimum atomic E-state index is -0.744. The van der Waals surface area contributed by atoms with Crippen molar-refractivity contribution in [1.82, 2.24) is 5.32 Å². The SMILES string of the molecule is COC(=O)C1=C(C)NC2=C(C(=O)c3ccccc32)C1c1cc(Br)ccc1OCc1ccccc1F. The Hall–Kier alpha value is -3.71. The van der Waals surface area contributed by atoms with E-state index in [9.17, 15) is 14.0 Å². The Morgan fingerprint density at radius 1 is 1.06 bits per heavy atom. The molecule has 7 heteroatoms. The molecule has 3 aromatic rings. The van der Waals surface area contributed by atoms with Gasteiger partial charge in [-0.15, -0.1) is 0 Å². The number of Topliss-reactive ketones (excluding diaryl/α,β-unsaturated/α-hetero) is 1. The van der Waals surface area contributed by atoms with E-state index in [4.69, 9.17) is 9.47 Å². The number of carbonyl (C=O) groups is 2. The number of allylic oxidation sites excluding steroid dienone is 2. The number of rotatable bonds is 5. The van der Waals surface area contributed by atoms with Crippen LogP contribution in [-0.2, 0) is 16.1 Å². The van der Waals surface area contributed by atoms with E-state index in [2.05, 4.69) is 21.2 Å². The predicted octanol–water partition coefficient (Wildman–Crippen LogP) is 5.91. The number of ether oxygens (including phenoxy) is 2. The molecule has 5 nitrogen and oxygen atoms in total. The maximum atomic E-state index is 14.2. The first-order valence-electron chi connectivity index (χ1n) is 11.0. The number of hydrogen-bond donors (Lipinski definition) is 1. The van der Waals surface area contributed by atoms with Gasteiger partial charge in [0.1, 0.15) is 18.2 Å². The van der Waals surface area contributed by atoms with Crippen molar-refractivity contribution in [2.75, 3.05) is 7.11 Å². The fraction of sp³-hybridized carbons (Fsp3) is 0.143. The molecule has 1 aliphatic carbocycles. The van der Waals surface area contributed by atoms with Crippen LogP contribution in [-0.4, -0.2) is 18.9 Å². The van der Waals surface area contributed by atoms with E-state index in [0.29, 0.717) is 45.0 Å². The van der Waals surface area contributed by atoms with Gasteiger partial charge in [0, 0.05) is 38.0 Å². The van der Waals surface area contributed by atoms with Gasteiger partial charge in [-0.1, -0.05) is 58.4 Å². The molecule has 1 heterocycles. The average Bonchev–Trinajstić information content (AvgIpc) is 3.14. The highest BCUT2D eigenvalue weighted by atomic mass is 79.9. The summed E-state index contributed by atoms with van der Waals surface area (Å²) >= 11 is 3.51. The monoisotopic (exact) mass is 533 g/mol. The molecular formula is C28H21BrFNO4. The lowest BCUT2D eigenvalue weighted by atomic mass is 9.79. The summed E-state index contributed by atoms with van der Waals surface area (Å²) in [5, 5.41) is 3.26. The highest BCUT2D eigenvalue weighted by Gasteiger charge is 2.43. The van der Waals surface area contributed by atoms with Gasteiger partial charge in [-0.3, -0.25) is 4.79 Å². The van der Waals surface area contributed by atoms with Crippen LogP contribution in [0.25, 0.3) is 5.70 Å². The molecule has 3 aromatic carbocycles. The van der Waals surface area contributed by atoms with E-state index in [1.807, 2.05) is 24.3 Å². The summed E-state index contributed by atoms with van der Waals surface area (Å²) in [4.78, 5) is 26.6. The Labute approximate surface area is 210 Å². The normalized spacial score (nSPS) is 16.6. The third kappa shape index (κ3) is 3.96. The van der Waals surface area contributed by atoms with E-state index in [-0.39, 0.29) is 18.2 Å². The number of carbonyl (C=O) groups excluding carboxylic acids is 2. The quantitative estimate of drug-likeness (QED) is 0.413. The number of benzene rings is 3. The summed E-state index contributed by atoms with van der Waals surface area (Å²) in [6.07, 6.45) is 0. The van der Waals surface area contributed by atoms with Gasteiger partial charge in [0.25, 0.3) is 0 Å². The molecular weight excluding hydrogens is 513 g/mol. The molecule has 0 spiro atoms. The molecule has 2 aliphatic rings. The molecule has 1 N–H and O–H groups in total. The number of methoxy groups -OCH3 is 1. The molecule has 0 saturated heterocycles. The zero-order valence-electron chi connectivity index (χ0n) is 19.0. The lowest BCUT2D eigenvalue weighted by Gasteiger charge is -2.30. The molecule has 0 fully saturated rings. The van der Waals surface area contributed by atoms with Crippen molar-refractivity contribution in [1.29, 1.82) is 0 Å². The van der Waals surface area contributed by atoms with Crippen LogP contribution in [0.5, 0.6) is 5.75 Å². The van der Waals surface area contributed by atoms with Gasteiger partial charge >= 0.3 is 5.97 Å². The van der Waals surface area contributed by atoms with Gasteiger partial charge in [-0.25, -0.2) is 9.18 Å². The minimum Gasteiger partial charge on any atom is -0.488 e. The lowest BCUT2D eigenvalue weighted by molar-refractivity contribution is -0.136. The molecule has 0 amide bonds. The minimum absolute atomic E-state index is 0.0113. The Morgan fingerprint density at radius 3 is 2.51 bits per heavy atom. The van der Waals surface area contributed by atoms with Gasteiger partial charge < -0.3 is 14.8 Å². The van der Waals surface area contributed by atoms with Crippen LogP contribution in [0.4, 0.5) is 4.39 Å². The van der Waals surface area contributed by atoms with Crippen LogP contribution in [0.2, 0.25) is 0 Å². The van der Waals surface area contributed by atoms with Crippen LogP contribution in [0.1, 0.15) is 39.9 Å². The van der Waals surface area contributed by atoms with Crippen LogP contribution in [0.15, 0.2) is 88.0 Å². The smallest absolute Gasteiger partial charge is 0.336 e. The maximum absolute atomic E-state index is 14.2. The third-order valence-electron chi connectivity index (χ3n) is 6.28. The van der Waals surface area contributed by atoms with Crippen LogP contribution in [0, 0.1) is 5.82 Å². The van der Waals surface area contributed by atoms with Crippen LogP contribution >= 0.6 is 15.9 Å². The zero-order chi connectivity index (χ0) is 24.7. The van der Waals surface area contributed by atoms with Crippen LogP contribution in [0.3, 0.4) is 0 Å². The highest BCUT2D eigenvalue weighted by Crippen LogP contribution is 2.49. The van der Waals surface area contributed by atoms with Gasteiger partial charge in [-0.05, 0) is 31.2 Å². The van der Waals surface area contributed by atoms with Crippen molar-refractivity contribution in [3.8, 4) is 5.75 Å². The third-order valence-corrected chi connectivity index (χ3v) is 6.77. The molecule has 176 valence electrons. The van der Waals surface area contributed by atoms with E-state index in [1.165, 1.54) is 13.2 Å². The Bertz CT molecular complexity index is 1440. The summed E-state index contributed by atoms with van der Waals surface area (Å²) in [7, 11) is 1.31. The maximum Gasteiger partial charge on any atom is 0.336 e. The average molecular weight is 534 g/mol.